The quantitative estimate of drug-likeness (QED) is 0.488. The van der Waals surface area contributed by atoms with E-state index in [1.807, 2.05) is 0 Å². The van der Waals surface area contributed by atoms with E-state index >= 15 is 0 Å². The summed E-state index contributed by atoms with van der Waals surface area (Å²) in [6.45, 7) is 0.789. The van der Waals surface area contributed by atoms with Gasteiger partial charge in [-0.25, -0.2) is 0 Å². The number of fused-ring (bicyclic) bond motifs is 1. The summed E-state index contributed by atoms with van der Waals surface area (Å²) in [5, 5.41) is 0. The summed E-state index contributed by atoms with van der Waals surface area (Å²) < 4.78 is 10.5. The molecule has 2 aliphatic rings. The SMILES string of the molecule is O=C1CC2OCCCCC2O1. The van der Waals surface area contributed by atoms with Crippen LogP contribution in [0.25, 0.3) is 0 Å². The molecular weight excluding hydrogens is 144 g/mol. The summed E-state index contributed by atoms with van der Waals surface area (Å²) in [7, 11) is 0. The molecule has 0 amide bonds. The Morgan fingerprint density at radius 1 is 1.27 bits per heavy atom. The third-order valence-corrected chi connectivity index (χ3v) is 2.28. The van der Waals surface area contributed by atoms with Crippen LogP contribution in [0.3, 0.4) is 0 Å². The fourth-order valence-electron chi connectivity index (χ4n) is 1.68. The smallest absolute Gasteiger partial charge is 0.308 e. The van der Waals surface area contributed by atoms with Crippen LogP contribution in [0.15, 0.2) is 0 Å². The molecule has 2 saturated heterocycles. The number of rotatable bonds is 0. The molecule has 0 aromatic carbocycles. The van der Waals surface area contributed by atoms with Gasteiger partial charge in [-0.05, 0) is 19.3 Å². The third-order valence-electron chi connectivity index (χ3n) is 2.28. The molecule has 0 aromatic rings. The molecule has 0 spiro atoms. The molecule has 3 heteroatoms. The van der Waals surface area contributed by atoms with Crippen LogP contribution in [0, 0.1) is 0 Å². The Hall–Kier alpha value is -0.570. The van der Waals surface area contributed by atoms with Crippen molar-refractivity contribution in [1.29, 1.82) is 0 Å². The Morgan fingerprint density at radius 3 is 3.09 bits per heavy atom. The van der Waals surface area contributed by atoms with Gasteiger partial charge in [0.15, 0.2) is 0 Å². The van der Waals surface area contributed by atoms with Crippen LogP contribution in [0.1, 0.15) is 25.7 Å². The van der Waals surface area contributed by atoms with E-state index in [4.69, 9.17) is 9.47 Å². The molecule has 0 aromatic heterocycles. The second-order valence-corrected chi connectivity index (χ2v) is 3.14. The Kier molecular flexibility index (Phi) is 1.82. The highest BCUT2D eigenvalue weighted by Crippen LogP contribution is 2.25. The average molecular weight is 156 g/mol. The lowest BCUT2D eigenvalue weighted by molar-refractivity contribution is -0.141. The van der Waals surface area contributed by atoms with Crippen molar-refractivity contribution in [1.82, 2.24) is 0 Å². The summed E-state index contributed by atoms with van der Waals surface area (Å²) in [6.07, 6.45) is 3.79. The molecule has 0 radical (unpaired) electrons. The van der Waals surface area contributed by atoms with E-state index in [1.165, 1.54) is 0 Å². The summed E-state index contributed by atoms with van der Waals surface area (Å²) >= 11 is 0. The summed E-state index contributed by atoms with van der Waals surface area (Å²) in [6, 6.07) is 0. The number of hydrogen-bond acceptors (Lipinski definition) is 3. The number of esters is 1. The number of hydrogen-bond donors (Lipinski definition) is 0. The maximum absolute atomic E-state index is 10.8. The van der Waals surface area contributed by atoms with Crippen molar-refractivity contribution in [3.05, 3.63) is 0 Å². The van der Waals surface area contributed by atoms with Gasteiger partial charge in [-0.1, -0.05) is 0 Å². The van der Waals surface area contributed by atoms with E-state index in [-0.39, 0.29) is 18.2 Å². The van der Waals surface area contributed by atoms with Crippen LogP contribution < -0.4 is 0 Å². The molecule has 2 unspecified atom stereocenters. The minimum absolute atomic E-state index is 0.0602. The molecule has 2 heterocycles. The Balaban J connectivity index is 2.01. The highest BCUT2D eigenvalue weighted by molar-refractivity contribution is 5.72. The molecule has 2 fully saturated rings. The Morgan fingerprint density at radius 2 is 2.18 bits per heavy atom. The highest BCUT2D eigenvalue weighted by atomic mass is 16.6. The minimum Gasteiger partial charge on any atom is -0.460 e. The van der Waals surface area contributed by atoms with Gasteiger partial charge in [0.05, 0.1) is 6.42 Å². The molecule has 2 rings (SSSR count). The predicted molar refractivity (Wildman–Crippen MR) is 38.1 cm³/mol. The van der Waals surface area contributed by atoms with Crippen molar-refractivity contribution < 1.29 is 14.3 Å². The first kappa shape index (κ1) is 7.10. The molecule has 2 atom stereocenters. The highest BCUT2D eigenvalue weighted by Gasteiger charge is 2.36. The van der Waals surface area contributed by atoms with Gasteiger partial charge in [0, 0.05) is 6.61 Å². The molecule has 62 valence electrons. The van der Waals surface area contributed by atoms with Crippen LogP contribution in [0.2, 0.25) is 0 Å². The molecule has 0 saturated carbocycles. The zero-order valence-electron chi connectivity index (χ0n) is 6.41. The van der Waals surface area contributed by atoms with Gasteiger partial charge in [-0.3, -0.25) is 4.79 Å². The van der Waals surface area contributed by atoms with Gasteiger partial charge in [-0.2, -0.15) is 0 Å². The first-order chi connectivity index (χ1) is 5.36. The van der Waals surface area contributed by atoms with Crippen molar-refractivity contribution in [3.8, 4) is 0 Å². The van der Waals surface area contributed by atoms with Crippen molar-refractivity contribution in [2.75, 3.05) is 6.61 Å². The van der Waals surface area contributed by atoms with Crippen LogP contribution >= 0.6 is 0 Å². The van der Waals surface area contributed by atoms with Gasteiger partial charge < -0.3 is 9.47 Å². The molecule has 2 aliphatic heterocycles. The lowest BCUT2D eigenvalue weighted by Gasteiger charge is -2.12. The van der Waals surface area contributed by atoms with E-state index in [0.29, 0.717) is 6.42 Å². The van der Waals surface area contributed by atoms with Crippen LogP contribution in [0.5, 0.6) is 0 Å². The van der Waals surface area contributed by atoms with Gasteiger partial charge in [0.2, 0.25) is 0 Å². The number of ether oxygens (including phenoxy) is 2. The predicted octanol–water partition coefficient (Wildman–Crippen LogP) is 0.871. The molecule has 0 aliphatic carbocycles. The normalized spacial score (nSPS) is 37.6. The summed E-state index contributed by atoms with van der Waals surface area (Å²) in [5.74, 6) is -0.0955. The molecule has 0 N–H and O–H groups in total. The fraction of sp³-hybridized carbons (Fsp3) is 0.875. The Bertz CT molecular complexity index is 151. The molecule has 3 nitrogen and oxygen atoms in total. The lowest BCUT2D eigenvalue weighted by atomic mass is 10.1. The van der Waals surface area contributed by atoms with E-state index in [1.54, 1.807) is 0 Å². The van der Waals surface area contributed by atoms with E-state index < -0.39 is 0 Å². The zero-order valence-corrected chi connectivity index (χ0v) is 6.41. The third kappa shape index (κ3) is 1.38. The summed E-state index contributed by atoms with van der Waals surface area (Å²) in [5.41, 5.74) is 0. The second kappa shape index (κ2) is 2.81. The summed E-state index contributed by atoms with van der Waals surface area (Å²) in [4.78, 5) is 10.8. The maximum Gasteiger partial charge on any atom is 0.308 e. The van der Waals surface area contributed by atoms with Crippen molar-refractivity contribution in [3.63, 3.8) is 0 Å². The first-order valence-corrected chi connectivity index (χ1v) is 4.17. The monoisotopic (exact) mass is 156 g/mol. The van der Waals surface area contributed by atoms with E-state index in [0.717, 1.165) is 25.9 Å². The van der Waals surface area contributed by atoms with Crippen LogP contribution in [0.4, 0.5) is 0 Å². The van der Waals surface area contributed by atoms with Crippen LogP contribution in [-0.2, 0) is 14.3 Å². The lowest BCUT2D eigenvalue weighted by Crippen LogP contribution is -2.21. The second-order valence-electron chi connectivity index (χ2n) is 3.14. The largest absolute Gasteiger partial charge is 0.460 e. The van der Waals surface area contributed by atoms with E-state index in [9.17, 15) is 4.79 Å². The van der Waals surface area contributed by atoms with Crippen molar-refractivity contribution >= 4 is 5.97 Å². The van der Waals surface area contributed by atoms with E-state index in [2.05, 4.69) is 0 Å². The Labute approximate surface area is 65.7 Å². The maximum atomic E-state index is 10.8. The number of carbonyl (C=O) groups is 1. The standard InChI is InChI=1S/C8H12O3/c9-8-5-7-6(11-8)3-1-2-4-10-7/h6-7H,1-5H2. The van der Waals surface area contributed by atoms with Gasteiger partial charge in [0.1, 0.15) is 12.2 Å². The topological polar surface area (TPSA) is 35.5 Å². The fourth-order valence-corrected chi connectivity index (χ4v) is 1.68. The average Bonchev–Trinajstić information content (AvgIpc) is 2.17. The van der Waals surface area contributed by atoms with Crippen molar-refractivity contribution in [2.45, 2.75) is 37.9 Å². The van der Waals surface area contributed by atoms with Gasteiger partial charge in [-0.15, -0.1) is 0 Å². The van der Waals surface area contributed by atoms with Gasteiger partial charge >= 0.3 is 5.97 Å². The van der Waals surface area contributed by atoms with Crippen LogP contribution in [-0.4, -0.2) is 24.8 Å². The zero-order chi connectivity index (χ0) is 7.68. The van der Waals surface area contributed by atoms with Crippen molar-refractivity contribution in [2.24, 2.45) is 0 Å². The minimum atomic E-state index is -0.0955. The number of carbonyl (C=O) groups excluding carboxylic acids is 1. The first-order valence-electron chi connectivity index (χ1n) is 4.17. The molecule has 11 heavy (non-hydrogen) atoms. The molecular formula is C8H12O3. The van der Waals surface area contributed by atoms with Gasteiger partial charge in [0.25, 0.3) is 0 Å². The molecule has 0 bridgehead atoms.